The van der Waals surface area contributed by atoms with E-state index >= 15 is 0 Å². The molecule has 0 spiro atoms. The summed E-state index contributed by atoms with van der Waals surface area (Å²) >= 11 is 6.17. The average molecular weight is 418 g/mol. The van der Waals surface area contributed by atoms with Gasteiger partial charge in [-0.2, -0.15) is 0 Å². The maximum Gasteiger partial charge on any atom is 0.338 e. The first-order valence-electron chi connectivity index (χ1n) is 9.83. The summed E-state index contributed by atoms with van der Waals surface area (Å²) in [5.41, 5.74) is 2.82. The molecular formula is C23H28ClNO4. The highest BCUT2D eigenvalue weighted by Crippen LogP contribution is 2.26. The number of halogens is 1. The van der Waals surface area contributed by atoms with Gasteiger partial charge in [-0.05, 0) is 74.7 Å². The molecule has 2 rings (SSSR count). The number of carbonyl (C=O) groups excluding carboxylic acids is 2. The monoisotopic (exact) mass is 417 g/mol. The Bertz CT molecular complexity index is 825. The second-order valence-corrected chi connectivity index (χ2v) is 7.42. The molecule has 0 aliphatic rings. The Labute approximate surface area is 177 Å². The van der Waals surface area contributed by atoms with Gasteiger partial charge in [-0.1, -0.05) is 31.4 Å². The number of amides is 1. The van der Waals surface area contributed by atoms with Crippen LogP contribution >= 0.6 is 11.6 Å². The van der Waals surface area contributed by atoms with Gasteiger partial charge < -0.3 is 14.8 Å². The molecule has 1 N–H and O–H groups in total. The van der Waals surface area contributed by atoms with E-state index in [4.69, 9.17) is 21.1 Å². The SMILES string of the molecule is CCCCCOC(=O)c1ccc(NC(=O)C(C)Oc2cc(C)c(Cl)c(C)c2)cc1. The Balaban J connectivity index is 1.90. The van der Waals surface area contributed by atoms with E-state index in [1.807, 2.05) is 13.8 Å². The van der Waals surface area contributed by atoms with Crippen molar-refractivity contribution in [2.45, 2.75) is 53.1 Å². The first kappa shape index (κ1) is 22.8. The van der Waals surface area contributed by atoms with Crippen molar-refractivity contribution in [1.29, 1.82) is 0 Å². The lowest BCUT2D eigenvalue weighted by Crippen LogP contribution is -2.30. The van der Waals surface area contributed by atoms with Gasteiger partial charge in [-0.3, -0.25) is 4.79 Å². The lowest BCUT2D eigenvalue weighted by molar-refractivity contribution is -0.122. The van der Waals surface area contributed by atoms with Gasteiger partial charge in [-0.15, -0.1) is 0 Å². The Hall–Kier alpha value is -2.53. The van der Waals surface area contributed by atoms with Gasteiger partial charge >= 0.3 is 5.97 Å². The Morgan fingerprint density at radius 1 is 1.07 bits per heavy atom. The summed E-state index contributed by atoms with van der Waals surface area (Å²) in [5, 5.41) is 3.48. The normalized spacial score (nSPS) is 11.6. The molecule has 5 nitrogen and oxygen atoms in total. The number of unbranched alkanes of at least 4 members (excludes halogenated alkanes) is 2. The summed E-state index contributed by atoms with van der Waals surface area (Å²) in [5.74, 6) is -0.0532. The van der Waals surface area contributed by atoms with Gasteiger partial charge in [0.1, 0.15) is 5.75 Å². The van der Waals surface area contributed by atoms with Gasteiger partial charge in [0.25, 0.3) is 5.91 Å². The van der Waals surface area contributed by atoms with Crippen LogP contribution in [0.15, 0.2) is 36.4 Å². The summed E-state index contributed by atoms with van der Waals surface area (Å²) in [6.07, 6.45) is 2.28. The Kier molecular flexibility index (Phi) is 8.52. The molecule has 156 valence electrons. The lowest BCUT2D eigenvalue weighted by Gasteiger charge is -2.16. The molecule has 0 aromatic heterocycles. The molecule has 0 saturated heterocycles. The molecule has 1 amide bonds. The van der Waals surface area contributed by atoms with Gasteiger partial charge in [-0.25, -0.2) is 4.79 Å². The number of aryl methyl sites for hydroxylation is 2. The van der Waals surface area contributed by atoms with Gasteiger partial charge in [0, 0.05) is 10.7 Å². The Morgan fingerprint density at radius 3 is 2.28 bits per heavy atom. The minimum absolute atomic E-state index is 0.287. The topological polar surface area (TPSA) is 64.6 Å². The number of hydrogen-bond donors (Lipinski definition) is 1. The second-order valence-electron chi connectivity index (χ2n) is 7.04. The molecule has 6 heteroatoms. The smallest absolute Gasteiger partial charge is 0.338 e. The van der Waals surface area contributed by atoms with Crippen molar-refractivity contribution in [3.63, 3.8) is 0 Å². The first-order valence-corrected chi connectivity index (χ1v) is 10.2. The molecule has 2 aromatic rings. The Morgan fingerprint density at radius 2 is 1.69 bits per heavy atom. The number of benzene rings is 2. The molecule has 0 heterocycles. The van der Waals surface area contributed by atoms with Crippen molar-refractivity contribution < 1.29 is 19.1 Å². The zero-order valence-electron chi connectivity index (χ0n) is 17.4. The van der Waals surface area contributed by atoms with E-state index < -0.39 is 6.10 Å². The van der Waals surface area contributed by atoms with Crippen LogP contribution in [0.2, 0.25) is 5.02 Å². The predicted octanol–water partition coefficient (Wildman–Crippen LogP) is 5.71. The molecule has 0 aliphatic heterocycles. The summed E-state index contributed by atoms with van der Waals surface area (Å²) in [4.78, 5) is 24.4. The van der Waals surface area contributed by atoms with Crippen LogP contribution in [0.5, 0.6) is 5.75 Å². The highest BCUT2D eigenvalue weighted by atomic mass is 35.5. The summed E-state index contributed by atoms with van der Waals surface area (Å²) < 4.78 is 11.0. The average Bonchev–Trinajstić information content (AvgIpc) is 2.69. The molecule has 0 fully saturated rings. The molecule has 0 radical (unpaired) electrons. The molecule has 2 aromatic carbocycles. The number of ether oxygens (including phenoxy) is 2. The molecular weight excluding hydrogens is 390 g/mol. The van der Waals surface area contributed by atoms with Crippen LogP contribution < -0.4 is 10.1 Å². The predicted molar refractivity (Wildman–Crippen MR) is 116 cm³/mol. The number of nitrogens with one attached hydrogen (secondary N) is 1. The lowest BCUT2D eigenvalue weighted by atomic mass is 10.1. The first-order chi connectivity index (χ1) is 13.8. The zero-order valence-corrected chi connectivity index (χ0v) is 18.1. The van der Waals surface area contributed by atoms with Gasteiger partial charge in [0.05, 0.1) is 12.2 Å². The fraction of sp³-hybridized carbons (Fsp3) is 0.391. The minimum atomic E-state index is -0.696. The standard InChI is InChI=1S/C23H28ClNO4/c1-5-6-7-12-28-23(27)18-8-10-19(11-9-18)25-22(26)17(4)29-20-13-15(2)21(24)16(3)14-20/h8-11,13-14,17H,5-7,12H2,1-4H3,(H,25,26). The van der Waals surface area contributed by atoms with E-state index in [0.717, 1.165) is 30.4 Å². The molecule has 0 aliphatic carbocycles. The van der Waals surface area contributed by atoms with E-state index in [-0.39, 0.29) is 11.9 Å². The molecule has 1 unspecified atom stereocenters. The van der Waals surface area contributed by atoms with Crippen molar-refractivity contribution in [2.24, 2.45) is 0 Å². The van der Waals surface area contributed by atoms with Crippen molar-refractivity contribution >= 4 is 29.2 Å². The van der Waals surface area contributed by atoms with Crippen LogP contribution in [-0.2, 0) is 9.53 Å². The molecule has 29 heavy (non-hydrogen) atoms. The number of anilines is 1. The van der Waals surface area contributed by atoms with Crippen molar-refractivity contribution in [3.8, 4) is 5.75 Å². The molecule has 0 bridgehead atoms. The molecule has 0 saturated carbocycles. The van der Waals surface area contributed by atoms with E-state index in [0.29, 0.717) is 28.6 Å². The number of hydrogen-bond acceptors (Lipinski definition) is 4. The fourth-order valence-corrected chi connectivity index (χ4v) is 2.87. The highest BCUT2D eigenvalue weighted by Gasteiger charge is 2.16. The summed E-state index contributed by atoms with van der Waals surface area (Å²) in [6.45, 7) is 7.98. The fourth-order valence-electron chi connectivity index (χ4n) is 2.77. The van der Waals surface area contributed by atoms with Crippen LogP contribution in [-0.4, -0.2) is 24.6 Å². The zero-order chi connectivity index (χ0) is 21.4. The highest BCUT2D eigenvalue weighted by molar-refractivity contribution is 6.32. The third kappa shape index (κ3) is 6.79. The van der Waals surface area contributed by atoms with Crippen molar-refractivity contribution in [3.05, 3.63) is 58.1 Å². The van der Waals surface area contributed by atoms with Crippen molar-refractivity contribution in [2.75, 3.05) is 11.9 Å². The largest absolute Gasteiger partial charge is 0.481 e. The van der Waals surface area contributed by atoms with Crippen LogP contribution in [0.4, 0.5) is 5.69 Å². The van der Waals surface area contributed by atoms with Crippen LogP contribution in [0.1, 0.15) is 54.6 Å². The number of rotatable bonds is 9. The van der Waals surface area contributed by atoms with Crippen molar-refractivity contribution in [1.82, 2.24) is 0 Å². The third-order valence-corrected chi connectivity index (χ3v) is 5.06. The summed E-state index contributed by atoms with van der Waals surface area (Å²) in [6, 6.07) is 10.2. The quantitative estimate of drug-likeness (QED) is 0.419. The number of carbonyl (C=O) groups is 2. The van der Waals surface area contributed by atoms with E-state index in [1.165, 1.54) is 0 Å². The van der Waals surface area contributed by atoms with Crippen LogP contribution in [0.3, 0.4) is 0 Å². The maximum atomic E-state index is 12.4. The maximum absolute atomic E-state index is 12.4. The minimum Gasteiger partial charge on any atom is -0.481 e. The van der Waals surface area contributed by atoms with Crippen LogP contribution in [0.25, 0.3) is 0 Å². The van der Waals surface area contributed by atoms with E-state index in [9.17, 15) is 9.59 Å². The second kappa shape index (κ2) is 10.9. The molecule has 1 atom stereocenters. The van der Waals surface area contributed by atoms with E-state index in [1.54, 1.807) is 43.3 Å². The number of esters is 1. The third-order valence-electron chi connectivity index (χ3n) is 4.46. The van der Waals surface area contributed by atoms with Crippen LogP contribution in [0, 0.1) is 13.8 Å². The van der Waals surface area contributed by atoms with Gasteiger partial charge in [0.2, 0.25) is 0 Å². The van der Waals surface area contributed by atoms with E-state index in [2.05, 4.69) is 12.2 Å². The van der Waals surface area contributed by atoms with Gasteiger partial charge in [0.15, 0.2) is 6.10 Å². The summed E-state index contributed by atoms with van der Waals surface area (Å²) in [7, 11) is 0.